The molecule has 0 aliphatic carbocycles. The highest BCUT2D eigenvalue weighted by atomic mass is 15.1. The van der Waals surface area contributed by atoms with Crippen LogP contribution in [0.1, 0.15) is 54.9 Å². The van der Waals surface area contributed by atoms with Crippen LogP contribution in [-0.4, -0.2) is 24.5 Å². The lowest BCUT2D eigenvalue weighted by molar-refractivity contribution is 0.265. The van der Waals surface area contributed by atoms with Crippen LogP contribution in [0, 0.1) is 0 Å². The van der Waals surface area contributed by atoms with Crippen LogP contribution in [0.25, 0.3) is 0 Å². The summed E-state index contributed by atoms with van der Waals surface area (Å²) >= 11 is 0. The van der Waals surface area contributed by atoms with Gasteiger partial charge in [0.25, 0.3) is 0 Å². The van der Waals surface area contributed by atoms with Crippen LogP contribution in [0.4, 0.5) is 0 Å². The Hall–Kier alpha value is -0.0400. The largest absolute Gasteiger partial charge is 0.304 e. The lowest BCUT2D eigenvalue weighted by atomic mass is 10.2. The summed E-state index contributed by atoms with van der Waals surface area (Å²) in [6.45, 7) is 15.8. The van der Waals surface area contributed by atoms with E-state index in [9.17, 15) is 0 Å². The van der Waals surface area contributed by atoms with Crippen LogP contribution in [0.15, 0.2) is 0 Å². The molecule has 0 aromatic heterocycles. The molecule has 0 heterocycles. The van der Waals surface area contributed by atoms with Gasteiger partial charge in [0.2, 0.25) is 0 Å². The molecule has 0 spiro atoms. The third-order valence-corrected chi connectivity index (χ3v) is 1.84. The Kier molecular flexibility index (Phi) is 25.6. The second-order valence-electron chi connectivity index (χ2n) is 2.33. The summed E-state index contributed by atoms with van der Waals surface area (Å²) in [5.74, 6) is 0. The van der Waals surface area contributed by atoms with Crippen molar-refractivity contribution in [1.82, 2.24) is 4.90 Å². The summed E-state index contributed by atoms with van der Waals surface area (Å²) in [6, 6.07) is 0.750. The maximum absolute atomic E-state index is 2.35. The molecule has 78 valence electrons. The molecular formula is C11H29N. The van der Waals surface area contributed by atoms with Crippen molar-refractivity contribution in [3.05, 3.63) is 0 Å². The van der Waals surface area contributed by atoms with E-state index in [0.717, 1.165) is 12.6 Å². The molecule has 0 radical (unpaired) electrons. The highest BCUT2D eigenvalue weighted by Gasteiger charge is 2.01. The number of hydrogen-bond donors (Lipinski definition) is 0. The van der Waals surface area contributed by atoms with Crippen molar-refractivity contribution >= 4 is 0 Å². The zero-order chi connectivity index (χ0) is 10.6. The molecule has 0 rings (SSSR count). The Bertz CT molecular complexity index is 45.0. The average molecular weight is 175 g/mol. The second kappa shape index (κ2) is 17.2. The minimum Gasteiger partial charge on any atom is -0.304 e. The molecule has 0 amide bonds. The van der Waals surface area contributed by atoms with Gasteiger partial charge < -0.3 is 4.90 Å². The molecule has 0 N–H and O–H groups in total. The average Bonchev–Trinajstić information content (AvgIpc) is 2.21. The van der Waals surface area contributed by atoms with E-state index in [1.807, 2.05) is 27.7 Å². The molecular weight excluding hydrogens is 146 g/mol. The maximum atomic E-state index is 2.35. The van der Waals surface area contributed by atoms with Crippen LogP contribution in [-0.2, 0) is 0 Å². The molecule has 12 heavy (non-hydrogen) atoms. The van der Waals surface area contributed by atoms with E-state index in [2.05, 4.69) is 32.7 Å². The smallest absolute Gasteiger partial charge is 0.00611 e. The first-order valence-corrected chi connectivity index (χ1v) is 5.42. The van der Waals surface area contributed by atoms with Gasteiger partial charge in [-0.3, -0.25) is 0 Å². The number of hydrogen-bond acceptors (Lipinski definition) is 1. The predicted octanol–water partition coefficient (Wildman–Crippen LogP) is 3.79. The van der Waals surface area contributed by atoms with Gasteiger partial charge >= 0.3 is 0 Å². The van der Waals surface area contributed by atoms with Crippen molar-refractivity contribution in [3.63, 3.8) is 0 Å². The fourth-order valence-corrected chi connectivity index (χ4v) is 0.623. The van der Waals surface area contributed by atoms with Crippen molar-refractivity contribution in [2.24, 2.45) is 0 Å². The van der Waals surface area contributed by atoms with Gasteiger partial charge in [-0.2, -0.15) is 0 Å². The molecule has 0 aromatic carbocycles. The Morgan fingerprint density at radius 1 is 1.00 bits per heavy atom. The van der Waals surface area contributed by atoms with Gasteiger partial charge in [-0.15, -0.1) is 0 Å². The van der Waals surface area contributed by atoms with Gasteiger partial charge in [0.15, 0.2) is 0 Å². The first kappa shape index (κ1) is 17.9. The Morgan fingerprint density at radius 3 is 1.42 bits per heavy atom. The lowest BCUT2D eigenvalue weighted by Gasteiger charge is -2.20. The third-order valence-electron chi connectivity index (χ3n) is 1.84. The van der Waals surface area contributed by atoms with E-state index in [-0.39, 0.29) is 0 Å². The summed E-state index contributed by atoms with van der Waals surface area (Å²) in [5.41, 5.74) is 0. The van der Waals surface area contributed by atoms with E-state index in [4.69, 9.17) is 0 Å². The quantitative estimate of drug-likeness (QED) is 0.631. The lowest BCUT2D eigenvalue weighted by Crippen LogP contribution is -2.27. The summed E-state index contributed by atoms with van der Waals surface area (Å²) in [5, 5.41) is 0. The van der Waals surface area contributed by atoms with Crippen LogP contribution >= 0.6 is 0 Å². The molecule has 0 saturated carbocycles. The first-order chi connectivity index (χ1) is 5.72. The van der Waals surface area contributed by atoms with Crippen molar-refractivity contribution in [2.45, 2.75) is 60.9 Å². The predicted molar refractivity (Wildman–Crippen MR) is 60.8 cm³/mol. The van der Waals surface area contributed by atoms with Gasteiger partial charge in [-0.25, -0.2) is 0 Å². The van der Waals surface area contributed by atoms with Crippen molar-refractivity contribution in [1.29, 1.82) is 0 Å². The molecule has 0 aliphatic heterocycles. The van der Waals surface area contributed by atoms with Crippen LogP contribution in [0.3, 0.4) is 0 Å². The Balaban J connectivity index is -0.000000175. The second-order valence-corrected chi connectivity index (χ2v) is 2.33. The molecule has 1 nitrogen and oxygen atoms in total. The summed E-state index contributed by atoms with van der Waals surface area (Å²) in [4.78, 5) is 2.35. The highest BCUT2D eigenvalue weighted by Crippen LogP contribution is 1.97. The van der Waals surface area contributed by atoms with Gasteiger partial charge in [0, 0.05) is 6.04 Å². The minimum absolute atomic E-state index is 0.750. The highest BCUT2D eigenvalue weighted by molar-refractivity contribution is 4.56. The van der Waals surface area contributed by atoms with Crippen LogP contribution in [0.2, 0.25) is 0 Å². The molecule has 0 bridgehead atoms. The van der Waals surface area contributed by atoms with E-state index in [1.54, 1.807) is 0 Å². The van der Waals surface area contributed by atoms with E-state index >= 15 is 0 Å². The molecule has 0 aromatic rings. The van der Waals surface area contributed by atoms with Crippen LogP contribution < -0.4 is 0 Å². The molecule has 0 fully saturated rings. The molecule has 0 unspecified atom stereocenters. The van der Waals surface area contributed by atoms with Crippen LogP contribution in [0.5, 0.6) is 0 Å². The van der Waals surface area contributed by atoms with E-state index < -0.39 is 0 Å². The Morgan fingerprint density at radius 2 is 1.33 bits per heavy atom. The number of rotatable bonds is 3. The minimum atomic E-state index is 0.750. The maximum Gasteiger partial charge on any atom is 0.00611 e. The van der Waals surface area contributed by atoms with E-state index in [1.165, 1.54) is 6.42 Å². The number of nitrogens with zero attached hydrogens (tertiary/aromatic N) is 1. The van der Waals surface area contributed by atoms with Gasteiger partial charge in [0.1, 0.15) is 0 Å². The third kappa shape index (κ3) is 12.6. The SMILES string of the molecule is CC.CC.CC[C@H](C)N(C)CC. The standard InChI is InChI=1S/C7H17N.2C2H6/c1-5-7(3)8(4)6-2;2*1-2/h7H,5-6H2,1-4H3;2*1-2H3/t7-;;/m0../s1. The van der Waals surface area contributed by atoms with Gasteiger partial charge in [-0.1, -0.05) is 41.5 Å². The van der Waals surface area contributed by atoms with Crippen molar-refractivity contribution in [2.75, 3.05) is 13.6 Å². The Labute approximate surface area is 80.2 Å². The monoisotopic (exact) mass is 175 g/mol. The van der Waals surface area contributed by atoms with Gasteiger partial charge in [-0.05, 0) is 26.9 Å². The van der Waals surface area contributed by atoms with Crippen molar-refractivity contribution in [3.8, 4) is 0 Å². The molecule has 0 aliphatic rings. The fraction of sp³-hybridized carbons (Fsp3) is 1.00. The fourth-order valence-electron chi connectivity index (χ4n) is 0.623. The zero-order valence-corrected chi connectivity index (χ0v) is 10.4. The summed E-state index contributed by atoms with van der Waals surface area (Å²) < 4.78 is 0. The summed E-state index contributed by atoms with van der Waals surface area (Å²) in [7, 11) is 2.16. The molecule has 1 heteroatoms. The van der Waals surface area contributed by atoms with Crippen molar-refractivity contribution < 1.29 is 0 Å². The first-order valence-electron chi connectivity index (χ1n) is 5.42. The summed E-state index contributed by atoms with van der Waals surface area (Å²) in [6.07, 6.45) is 1.25. The zero-order valence-electron chi connectivity index (χ0n) is 10.4. The van der Waals surface area contributed by atoms with E-state index in [0.29, 0.717) is 0 Å². The normalized spacial score (nSPS) is 10.8. The molecule has 1 atom stereocenters. The topological polar surface area (TPSA) is 3.24 Å². The molecule has 0 saturated heterocycles. The van der Waals surface area contributed by atoms with Gasteiger partial charge in [0.05, 0.1) is 0 Å².